The minimum Gasteiger partial charge on any atom is -0.346 e. The molecule has 140 valence electrons. The molecule has 4 rings (SSSR count). The number of hydrogen-bond donors (Lipinski definition) is 0. The SMILES string of the molecule is CC1=NN(c2ccccc2)C(=O)/C1=C/c1cc(C)n(C2CCCCC2)c1C. The van der Waals surface area contributed by atoms with E-state index in [0.717, 1.165) is 17.0 Å². The van der Waals surface area contributed by atoms with Gasteiger partial charge in [0.1, 0.15) is 0 Å². The molecule has 0 unspecified atom stereocenters. The van der Waals surface area contributed by atoms with Crippen LogP contribution >= 0.6 is 0 Å². The molecule has 1 saturated carbocycles. The summed E-state index contributed by atoms with van der Waals surface area (Å²) in [6.45, 7) is 6.26. The number of benzene rings is 1. The smallest absolute Gasteiger partial charge is 0.280 e. The summed E-state index contributed by atoms with van der Waals surface area (Å²) in [5.41, 5.74) is 5.93. The van der Waals surface area contributed by atoms with Gasteiger partial charge in [0.25, 0.3) is 5.91 Å². The van der Waals surface area contributed by atoms with E-state index in [0.29, 0.717) is 11.6 Å². The minimum absolute atomic E-state index is 0.0545. The molecular formula is C23H27N3O. The Bertz CT molecular complexity index is 915. The highest BCUT2D eigenvalue weighted by molar-refractivity contribution is 6.32. The number of anilines is 1. The Morgan fingerprint density at radius 3 is 2.44 bits per heavy atom. The van der Waals surface area contributed by atoms with E-state index < -0.39 is 0 Å². The van der Waals surface area contributed by atoms with E-state index in [4.69, 9.17) is 0 Å². The molecular weight excluding hydrogens is 334 g/mol. The Hall–Kier alpha value is -2.62. The Balaban J connectivity index is 1.66. The molecule has 1 amide bonds. The molecule has 0 atom stereocenters. The van der Waals surface area contributed by atoms with Crippen LogP contribution < -0.4 is 5.01 Å². The molecule has 0 saturated heterocycles. The van der Waals surface area contributed by atoms with Crippen LogP contribution in [0.15, 0.2) is 47.1 Å². The molecule has 0 radical (unpaired) electrons. The average molecular weight is 361 g/mol. The normalized spacial score (nSPS) is 19.8. The fourth-order valence-electron chi connectivity index (χ4n) is 4.43. The maximum Gasteiger partial charge on any atom is 0.280 e. The molecule has 4 nitrogen and oxygen atoms in total. The van der Waals surface area contributed by atoms with Crippen molar-refractivity contribution in [2.24, 2.45) is 5.10 Å². The quantitative estimate of drug-likeness (QED) is 0.673. The van der Waals surface area contributed by atoms with Crippen LogP contribution in [0.5, 0.6) is 0 Å². The van der Waals surface area contributed by atoms with Gasteiger partial charge in [-0.3, -0.25) is 4.79 Å². The van der Waals surface area contributed by atoms with Crippen molar-refractivity contribution in [1.82, 2.24) is 4.57 Å². The lowest BCUT2D eigenvalue weighted by molar-refractivity contribution is -0.114. The van der Waals surface area contributed by atoms with Gasteiger partial charge in [0.05, 0.1) is 17.0 Å². The second-order valence-electron chi connectivity index (χ2n) is 7.68. The van der Waals surface area contributed by atoms with Gasteiger partial charge in [-0.25, -0.2) is 0 Å². The van der Waals surface area contributed by atoms with Crippen molar-refractivity contribution < 1.29 is 4.79 Å². The van der Waals surface area contributed by atoms with Crippen LogP contribution in [0.1, 0.15) is 62.0 Å². The van der Waals surface area contributed by atoms with Crippen LogP contribution in [0.3, 0.4) is 0 Å². The van der Waals surface area contributed by atoms with Crippen molar-refractivity contribution in [2.75, 3.05) is 5.01 Å². The van der Waals surface area contributed by atoms with Crippen LogP contribution in [0.4, 0.5) is 5.69 Å². The van der Waals surface area contributed by atoms with Gasteiger partial charge in [-0.2, -0.15) is 10.1 Å². The van der Waals surface area contributed by atoms with Crippen molar-refractivity contribution >= 4 is 23.4 Å². The molecule has 2 aliphatic rings. The maximum absolute atomic E-state index is 13.0. The molecule has 1 aromatic carbocycles. The second kappa shape index (κ2) is 7.18. The lowest BCUT2D eigenvalue weighted by atomic mass is 9.95. The minimum atomic E-state index is -0.0545. The molecule has 0 bridgehead atoms. The van der Waals surface area contributed by atoms with Crippen molar-refractivity contribution in [3.8, 4) is 0 Å². The zero-order chi connectivity index (χ0) is 19.0. The van der Waals surface area contributed by atoms with E-state index in [2.05, 4.69) is 29.6 Å². The van der Waals surface area contributed by atoms with Gasteiger partial charge in [-0.1, -0.05) is 37.5 Å². The Labute approximate surface area is 161 Å². The topological polar surface area (TPSA) is 37.6 Å². The second-order valence-corrected chi connectivity index (χ2v) is 7.68. The first-order valence-electron chi connectivity index (χ1n) is 9.91. The standard InChI is InChI=1S/C23H27N3O/c1-16-14-19(18(3)25(16)20-10-6-4-7-11-20)15-22-17(2)24-26(23(22)27)21-12-8-5-9-13-21/h5,8-9,12-15,20H,4,6-7,10-11H2,1-3H3/b22-15+. The van der Waals surface area contributed by atoms with Gasteiger partial charge in [0.15, 0.2) is 0 Å². The highest BCUT2D eigenvalue weighted by Crippen LogP contribution is 2.33. The van der Waals surface area contributed by atoms with Crippen LogP contribution in [-0.4, -0.2) is 16.2 Å². The fraction of sp³-hybridized carbons (Fsp3) is 0.391. The van der Waals surface area contributed by atoms with Gasteiger partial charge in [-0.15, -0.1) is 0 Å². The van der Waals surface area contributed by atoms with E-state index in [1.807, 2.05) is 43.3 Å². The predicted molar refractivity (Wildman–Crippen MR) is 111 cm³/mol. The summed E-state index contributed by atoms with van der Waals surface area (Å²) in [6.07, 6.45) is 8.52. The van der Waals surface area contributed by atoms with Gasteiger partial charge in [0, 0.05) is 17.4 Å². The number of carbonyl (C=O) groups is 1. The van der Waals surface area contributed by atoms with E-state index in [-0.39, 0.29) is 5.91 Å². The summed E-state index contributed by atoms with van der Waals surface area (Å²) in [5.74, 6) is -0.0545. The number of rotatable bonds is 3. The summed E-state index contributed by atoms with van der Waals surface area (Å²) in [4.78, 5) is 13.0. The van der Waals surface area contributed by atoms with E-state index >= 15 is 0 Å². The number of hydrazone groups is 1. The average Bonchev–Trinajstić information content (AvgIpc) is 3.13. The van der Waals surface area contributed by atoms with Crippen molar-refractivity contribution in [2.45, 2.75) is 58.9 Å². The molecule has 2 aromatic rings. The first-order chi connectivity index (χ1) is 13.1. The van der Waals surface area contributed by atoms with E-state index in [1.54, 1.807) is 0 Å². The summed E-state index contributed by atoms with van der Waals surface area (Å²) < 4.78 is 2.48. The first kappa shape index (κ1) is 17.8. The maximum atomic E-state index is 13.0. The molecule has 1 aliphatic carbocycles. The van der Waals surface area contributed by atoms with Crippen LogP contribution in [0, 0.1) is 13.8 Å². The van der Waals surface area contributed by atoms with Crippen molar-refractivity contribution in [1.29, 1.82) is 0 Å². The van der Waals surface area contributed by atoms with Gasteiger partial charge in [-0.05, 0) is 63.5 Å². The molecule has 27 heavy (non-hydrogen) atoms. The lowest BCUT2D eigenvalue weighted by Crippen LogP contribution is -2.21. The van der Waals surface area contributed by atoms with Crippen molar-refractivity contribution in [3.05, 3.63) is 58.9 Å². The number of aromatic nitrogens is 1. The van der Waals surface area contributed by atoms with Gasteiger partial charge >= 0.3 is 0 Å². The van der Waals surface area contributed by atoms with E-state index in [9.17, 15) is 4.79 Å². The third-order valence-electron chi connectivity index (χ3n) is 5.83. The lowest BCUT2D eigenvalue weighted by Gasteiger charge is -2.26. The number of aryl methyl sites for hydroxylation is 1. The third kappa shape index (κ3) is 3.25. The molecule has 1 aromatic heterocycles. The highest BCUT2D eigenvalue weighted by Gasteiger charge is 2.29. The zero-order valence-corrected chi connectivity index (χ0v) is 16.4. The molecule has 4 heteroatoms. The predicted octanol–water partition coefficient (Wildman–Crippen LogP) is 5.42. The third-order valence-corrected chi connectivity index (χ3v) is 5.83. The van der Waals surface area contributed by atoms with Gasteiger partial charge < -0.3 is 4.57 Å². The molecule has 1 fully saturated rings. The van der Waals surface area contributed by atoms with Crippen molar-refractivity contribution in [3.63, 3.8) is 0 Å². The monoisotopic (exact) mass is 361 g/mol. The van der Waals surface area contributed by atoms with Crippen LogP contribution in [0.25, 0.3) is 6.08 Å². The number of carbonyl (C=O) groups excluding carboxylic acids is 1. The Morgan fingerprint density at radius 2 is 1.74 bits per heavy atom. The highest BCUT2D eigenvalue weighted by atomic mass is 16.2. The number of hydrogen-bond acceptors (Lipinski definition) is 2. The summed E-state index contributed by atoms with van der Waals surface area (Å²) in [7, 11) is 0. The first-order valence-corrected chi connectivity index (χ1v) is 9.91. The zero-order valence-electron chi connectivity index (χ0n) is 16.4. The van der Waals surface area contributed by atoms with Crippen LogP contribution in [0.2, 0.25) is 0 Å². The van der Waals surface area contributed by atoms with E-state index in [1.165, 1.54) is 48.5 Å². The molecule has 2 heterocycles. The summed E-state index contributed by atoms with van der Waals surface area (Å²) in [6, 6.07) is 12.4. The fourth-order valence-corrected chi connectivity index (χ4v) is 4.43. The summed E-state index contributed by atoms with van der Waals surface area (Å²) in [5, 5.41) is 5.99. The largest absolute Gasteiger partial charge is 0.346 e. The van der Waals surface area contributed by atoms with Gasteiger partial charge in [0.2, 0.25) is 0 Å². The molecule has 0 spiro atoms. The van der Waals surface area contributed by atoms with Crippen LogP contribution in [-0.2, 0) is 4.79 Å². The number of para-hydroxylation sites is 1. The number of nitrogens with zero attached hydrogens (tertiary/aromatic N) is 3. The molecule has 1 aliphatic heterocycles. The summed E-state index contributed by atoms with van der Waals surface area (Å²) >= 11 is 0. The molecule has 0 N–H and O–H groups in total. The Morgan fingerprint density at radius 1 is 1.04 bits per heavy atom. The number of amides is 1. The Kier molecular flexibility index (Phi) is 4.73.